The summed E-state index contributed by atoms with van der Waals surface area (Å²) in [6.45, 7) is 3.78. The number of rotatable bonds is 1. The van der Waals surface area contributed by atoms with Crippen LogP contribution in [0.4, 0.5) is 0 Å². The number of hydrogen-bond donors (Lipinski definition) is 2. The van der Waals surface area contributed by atoms with Gasteiger partial charge in [0.05, 0.1) is 0 Å². The van der Waals surface area contributed by atoms with Crippen LogP contribution in [0, 0.1) is 0 Å². The van der Waals surface area contributed by atoms with E-state index in [0.29, 0.717) is 0 Å². The van der Waals surface area contributed by atoms with Crippen LogP contribution in [0.5, 0.6) is 0 Å². The molecule has 0 aliphatic carbocycles. The van der Waals surface area contributed by atoms with Crippen LogP contribution in [0.25, 0.3) is 0 Å². The highest BCUT2D eigenvalue weighted by Crippen LogP contribution is 2.29. The summed E-state index contributed by atoms with van der Waals surface area (Å²) in [6, 6.07) is 0. The van der Waals surface area contributed by atoms with Crippen LogP contribution in [-0.2, 0) is 9.53 Å². The zero-order valence-electron chi connectivity index (χ0n) is 7.93. The summed E-state index contributed by atoms with van der Waals surface area (Å²) in [5, 5.41) is 6.10. The van der Waals surface area contributed by atoms with E-state index in [1.807, 2.05) is 6.92 Å². The van der Waals surface area contributed by atoms with Crippen molar-refractivity contribution in [1.29, 1.82) is 0 Å². The van der Waals surface area contributed by atoms with E-state index >= 15 is 0 Å². The van der Waals surface area contributed by atoms with Crippen LogP contribution in [0.3, 0.4) is 0 Å². The molecule has 0 aromatic rings. The summed E-state index contributed by atoms with van der Waals surface area (Å²) in [5.74, 6) is 0.0841. The first-order valence-electron chi connectivity index (χ1n) is 4.96. The molecule has 0 radical (unpaired) electrons. The van der Waals surface area contributed by atoms with Crippen molar-refractivity contribution in [2.24, 2.45) is 0 Å². The standard InChI is InChI=1S/C9H16N2O2/c1-2-7-11-8(12)9(13-7)3-5-10-6-4-9/h7,10H,2-6H2,1H3,(H,11,12). The molecule has 2 fully saturated rings. The van der Waals surface area contributed by atoms with Crippen molar-refractivity contribution in [2.45, 2.75) is 38.0 Å². The minimum atomic E-state index is -0.508. The van der Waals surface area contributed by atoms with Gasteiger partial charge in [0.15, 0.2) is 5.60 Å². The zero-order chi connectivity index (χ0) is 9.31. The van der Waals surface area contributed by atoms with E-state index in [-0.39, 0.29) is 12.1 Å². The second-order valence-electron chi connectivity index (χ2n) is 3.73. The molecule has 1 spiro atoms. The van der Waals surface area contributed by atoms with E-state index in [2.05, 4.69) is 10.6 Å². The van der Waals surface area contributed by atoms with Gasteiger partial charge in [-0.2, -0.15) is 0 Å². The van der Waals surface area contributed by atoms with Crippen molar-refractivity contribution in [3.63, 3.8) is 0 Å². The number of nitrogens with one attached hydrogen (secondary N) is 2. The highest BCUT2D eigenvalue weighted by molar-refractivity contribution is 5.87. The average molecular weight is 184 g/mol. The smallest absolute Gasteiger partial charge is 0.254 e. The molecule has 4 heteroatoms. The molecular weight excluding hydrogens is 168 g/mol. The third-order valence-electron chi connectivity index (χ3n) is 2.86. The number of ether oxygens (including phenoxy) is 1. The Morgan fingerprint density at radius 3 is 2.77 bits per heavy atom. The monoisotopic (exact) mass is 184 g/mol. The molecule has 2 aliphatic heterocycles. The Hall–Kier alpha value is -0.610. The lowest BCUT2D eigenvalue weighted by molar-refractivity contribution is -0.137. The van der Waals surface area contributed by atoms with E-state index in [1.54, 1.807) is 0 Å². The van der Waals surface area contributed by atoms with Gasteiger partial charge in [-0.1, -0.05) is 6.92 Å². The summed E-state index contributed by atoms with van der Waals surface area (Å²) >= 11 is 0. The minimum absolute atomic E-state index is 0.0643. The maximum atomic E-state index is 11.7. The van der Waals surface area contributed by atoms with Gasteiger partial charge in [-0.3, -0.25) is 4.79 Å². The normalized spacial score (nSPS) is 32.1. The zero-order valence-corrected chi connectivity index (χ0v) is 7.93. The Morgan fingerprint density at radius 2 is 2.23 bits per heavy atom. The highest BCUT2D eigenvalue weighted by atomic mass is 16.5. The van der Waals surface area contributed by atoms with Crippen LogP contribution >= 0.6 is 0 Å². The summed E-state index contributed by atoms with van der Waals surface area (Å²) in [4.78, 5) is 11.7. The first-order chi connectivity index (χ1) is 6.27. The van der Waals surface area contributed by atoms with Crippen molar-refractivity contribution in [3.05, 3.63) is 0 Å². The van der Waals surface area contributed by atoms with Crippen molar-refractivity contribution >= 4 is 5.91 Å². The van der Waals surface area contributed by atoms with Gasteiger partial charge in [-0.05, 0) is 32.4 Å². The SMILES string of the molecule is CCC1NC(=O)C2(CCNCC2)O1. The molecular formula is C9H16N2O2. The molecule has 2 aliphatic rings. The summed E-state index contributed by atoms with van der Waals surface area (Å²) in [5.41, 5.74) is -0.508. The lowest BCUT2D eigenvalue weighted by Crippen LogP contribution is -2.47. The average Bonchev–Trinajstić information content (AvgIpc) is 2.45. The van der Waals surface area contributed by atoms with Gasteiger partial charge in [-0.25, -0.2) is 0 Å². The molecule has 2 saturated heterocycles. The van der Waals surface area contributed by atoms with E-state index < -0.39 is 5.60 Å². The molecule has 0 aromatic heterocycles. The van der Waals surface area contributed by atoms with Gasteiger partial charge in [0, 0.05) is 0 Å². The van der Waals surface area contributed by atoms with Crippen LogP contribution in [-0.4, -0.2) is 30.8 Å². The topological polar surface area (TPSA) is 50.4 Å². The molecule has 1 amide bonds. The maximum absolute atomic E-state index is 11.7. The predicted molar refractivity (Wildman–Crippen MR) is 48.1 cm³/mol. The maximum Gasteiger partial charge on any atom is 0.254 e. The quantitative estimate of drug-likeness (QED) is 0.602. The number of carbonyl (C=O) groups is 1. The lowest BCUT2D eigenvalue weighted by Gasteiger charge is -2.30. The lowest BCUT2D eigenvalue weighted by atomic mass is 9.92. The number of amides is 1. The Kier molecular flexibility index (Phi) is 2.26. The molecule has 2 N–H and O–H groups in total. The second-order valence-corrected chi connectivity index (χ2v) is 3.73. The molecule has 2 heterocycles. The van der Waals surface area contributed by atoms with Gasteiger partial charge in [0.1, 0.15) is 6.23 Å². The van der Waals surface area contributed by atoms with Crippen molar-refractivity contribution < 1.29 is 9.53 Å². The van der Waals surface area contributed by atoms with Crippen LogP contribution in [0.1, 0.15) is 26.2 Å². The molecule has 2 rings (SSSR count). The van der Waals surface area contributed by atoms with Gasteiger partial charge in [0.25, 0.3) is 5.91 Å². The van der Waals surface area contributed by atoms with Gasteiger partial charge >= 0.3 is 0 Å². The first kappa shape index (κ1) is 8.97. The van der Waals surface area contributed by atoms with Gasteiger partial charge in [-0.15, -0.1) is 0 Å². The summed E-state index contributed by atoms with van der Waals surface area (Å²) in [7, 11) is 0. The first-order valence-corrected chi connectivity index (χ1v) is 4.96. The number of carbonyl (C=O) groups excluding carboxylic acids is 1. The fourth-order valence-electron chi connectivity index (χ4n) is 1.99. The molecule has 0 bridgehead atoms. The van der Waals surface area contributed by atoms with E-state index in [9.17, 15) is 4.79 Å². The minimum Gasteiger partial charge on any atom is -0.342 e. The Morgan fingerprint density at radius 1 is 1.54 bits per heavy atom. The highest BCUT2D eigenvalue weighted by Gasteiger charge is 2.47. The predicted octanol–water partition coefficient (Wildman–Crippen LogP) is -0.00890. The summed E-state index contributed by atoms with van der Waals surface area (Å²) < 4.78 is 5.75. The largest absolute Gasteiger partial charge is 0.342 e. The molecule has 13 heavy (non-hydrogen) atoms. The third-order valence-corrected chi connectivity index (χ3v) is 2.86. The van der Waals surface area contributed by atoms with Gasteiger partial charge < -0.3 is 15.4 Å². The van der Waals surface area contributed by atoms with E-state index in [1.165, 1.54) is 0 Å². The van der Waals surface area contributed by atoms with E-state index in [0.717, 1.165) is 32.4 Å². The van der Waals surface area contributed by atoms with Crippen LogP contribution < -0.4 is 10.6 Å². The fraction of sp³-hybridized carbons (Fsp3) is 0.889. The van der Waals surface area contributed by atoms with Crippen LogP contribution in [0.2, 0.25) is 0 Å². The second kappa shape index (κ2) is 3.27. The van der Waals surface area contributed by atoms with Gasteiger partial charge in [0.2, 0.25) is 0 Å². The van der Waals surface area contributed by atoms with Crippen molar-refractivity contribution in [1.82, 2.24) is 10.6 Å². The fourth-order valence-corrected chi connectivity index (χ4v) is 1.99. The summed E-state index contributed by atoms with van der Waals surface area (Å²) in [6.07, 6.45) is 2.39. The number of hydrogen-bond acceptors (Lipinski definition) is 3. The molecule has 1 atom stereocenters. The molecule has 1 unspecified atom stereocenters. The van der Waals surface area contributed by atoms with Crippen LogP contribution in [0.15, 0.2) is 0 Å². The third kappa shape index (κ3) is 1.44. The van der Waals surface area contributed by atoms with E-state index in [4.69, 9.17) is 4.74 Å². The van der Waals surface area contributed by atoms with Crippen molar-refractivity contribution in [3.8, 4) is 0 Å². The Balaban J connectivity index is 2.08. The molecule has 0 aromatic carbocycles. The molecule has 4 nitrogen and oxygen atoms in total. The molecule has 74 valence electrons. The number of piperidine rings is 1. The van der Waals surface area contributed by atoms with Crippen molar-refractivity contribution in [2.75, 3.05) is 13.1 Å². The Labute approximate surface area is 78.0 Å². The Bertz CT molecular complexity index is 212. The molecule has 0 saturated carbocycles.